The van der Waals surface area contributed by atoms with Gasteiger partial charge in [-0.2, -0.15) is 0 Å². The minimum absolute atomic E-state index is 0.515. The van der Waals surface area contributed by atoms with Gasteiger partial charge in [0.25, 0.3) is 0 Å². The Bertz CT molecular complexity index is 3350. The molecule has 0 bridgehead atoms. The number of furan rings is 1. The molecule has 0 amide bonds. The highest BCUT2D eigenvalue weighted by molar-refractivity contribution is 6.19. The first-order valence-corrected chi connectivity index (χ1v) is 20.3. The SMILES string of the molecule is c1ccc(C2(c3ccccc3)c3ccccc3-c3ccc(N(c4cccc(-c5cccc6oc7c8ccccc8ccc7c56)c4)c4cccc5ccccc45)cc32)cc1. The van der Waals surface area contributed by atoms with Crippen LogP contribution in [0.1, 0.15) is 22.3 Å². The molecular formula is C57H37NO. The van der Waals surface area contributed by atoms with Crippen molar-refractivity contribution in [2.24, 2.45) is 0 Å². The van der Waals surface area contributed by atoms with Gasteiger partial charge in [-0.05, 0) is 97.7 Å². The number of hydrogen-bond donors (Lipinski definition) is 0. The van der Waals surface area contributed by atoms with E-state index >= 15 is 0 Å². The van der Waals surface area contributed by atoms with Crippen LogP contribution >= 0.6 is 0 Å². The highest BCUT2D eigenvalue weighted by Crippen LogP contribution is 2.57. The van der Waals surface area contributed by atoms with Gasteiger partial charge in [0.05, 0.1) is 11.1 Å². The monoisotopic (exact) mass is 751 g/mol. The predicted molar refractivity (Wildman–Crippen MR) is 246 cm³/mol. The Morgan fingerprint density at radius 3 is 1.80 bits per heavy atom. The first-order chi connectivity index (χ1) is 29.3. The van der Waals surface area contributed by atoms with Crippen LogP contribution in [0.4, 0.5) is 17.1 Å². The number of fused-ring (bicyclic) bond motifs is 9. The Hall–Kier alpha value is -7.68. The topological polar surface area (TPSA) is 16.4 Å². The summed E-state index contributed by atoms with van der Waals surface area (Å²) in [6.45, 7) is 0. The maximum Gasteiger partial charge on any atom is 0.143 e. The molecular weight excluding hydrogens is 715 g/mol. The lowest BCUT2D eigenvalue weighted by Crippen LogP contribution is -2.28. The van der Waals surface area contributed by atoms with Gasteiger partial charge in [0.1, 0.15) is 11.2 Å². The van der Waals surface area contributed by atoms with Crippen LogP contribution in [-0.2, 0) is 5.41 Å². The van der Waals surface area contributed by atoms with E-state index in [4.69, 9.17) is 4.42 Å². The predicted octanol–water partition coefficient (Wildman–Crippen LogP) is 15.4. The van der Waals surface area contributed by atoms with Crippen molar-refractivity contribution in [1.29, 1.82) is 0 Å². The Morgan fingerprint density at radius 2 is 0.983 bits per heavy atom. The summed E-state index contributed by atoms with van der Waals surface area (Å²) in [6.07, 6.45) is 0. The van der Waals surface area contributed by atoms with Gasteiger partial charge in [-0.3, -0.25) is 0 Å². The fourth-order valence-corrected chi connectivity index (χ4v) is 10.0. The van der Waals surface area contributed by atoms with Crippen molar-refractivity contribution in [3.8, 4) is 22.3 Å². The van der Waals surface area contributed by atoms with E-state index in [2.05, 4.69) is 229 Å². The Morgan fingerprint density at radius 1 is 0.373 bits per heavy atom. The molecule has 11 aromatic rings. The molecule has 1 aromatic heterocycles. The second kappa shape index (κ2) is 13.2. The average molecular weight is 752 g/mol. The van der Waals surface area contributed by atoms with Gasteiger partial charge in [-0.25, -0.2) is 0 Å². The van der Waals surface area contributed by atoms with E-state index in [1.807, 2.05) is 0 Å². The molecule has 0 radical (unpaired) electrons. The summed E-state index contributed by atoms with van der Waals surface area (Å²) in [5.74, 6) is 0. The van der Waals surface area contributed by atoms with Crippen molar-refractivity contribution in [1.82, 2.24) is 0 Å². The van der Waals surface area contributed by atoms with Crippen molar-refractivity contribution < 1.29 is 4.42 Å². The summed E-state index contributed by atoms with van der Waals surface area (Å²) in [4.78, 5) is 2.46. The van der Waals surface area contributed by atoms with Gasteiger partial charge in [0, 0.05) is 32.9 Å². The molecule has 0 saturated carbocycles. The molecule has 2 heteroatoms. The number of rotatable bonds is 6. The summed E-state index contributed by atoms with van der Waals surface area (Å²) in [7, 11) is 0. The summed E-state index contributed by atoms with van der Waals surface area (Å²) in [5, 5.41) is 6.95. The van der Waals surface area contributed by atoms with Crippen LogP contribution in [-0.4, -0.2) is 0 Å². The summed E-state index contributed by atoms with van der Waals surface area (Å²) < 4.78 is 6.64. The summed E-state index contributed by atoms with van der Waals surface area (Å²) >= 11 is 0. The number of hydrogen-bond acceptors (Lipinski definition) is 2. The molecule has 2 nitrogen and oxygen atoms in total. The van der Waals surface area contributed by atoms with Crippen LogP contribution in [0.5, 0.6) is 0 Å². The zero-order valence-corrected chi connectivity index (χ0v) is 32.2. The average Bonchev–Trinajstić information content (AvgIpc) is 3.84. The van der Waals surface area contributed by atoms with E-state index in [-0.39, 0.29) is 0 Å². The zero-order valence-electron chi connectivity index (χ0n) is 32.2. The highest BCUT2D eigenvalue weighted by atomic mass is 16.3. The van der Waals surface area contributed by atoms with Crippen LogP contribution in [0.3, 0.4) is 0 Å². The largest absolute Gasteiger partial charge is 0.455 e. The van der Waals surface area contributed by atoms with Crippen LogP contribution in [0.2, 0.25) is 0 Å². The lowest BCUT2D eigenvalue weighted by molar-refractivity contribution is 0.673. The molecule has 276 valence electrons. The van der Waals surface area contributed by atoms with Crippen LogP contribution in [0.15, 0.2) is 229 Å². The lowest BCUT2D eigenvalue weighted by atomic mass is 9.67. The van der Waals surface area contributed by atoms with E-state index in [1.54, 1.807) is 0 Å². The first kappa shape index (κ1) is 33.5. The van der Waals surface area contributed by atoms with E-state index in [0.717, 1.165) is 55.5 Å². The van der Waals surface area contributed by atoms with E-state index in [0.29, 0.717) is 0 Å². The van der Waals surface area contributed by atoms with Crippen molar-refractivity contribution in [3.05, 3.63) is 247 Å². The fourth-order valence-electron chi connectivity index (χ4n) is 10.0. The maximum atomic E-state index is 6.64. The van der Waals surface area contributed by atoms with E-state index in [1.165, 1.54) is 49.5 Å². The molecule has 0 fully saturated rings. The molecule has 1 heterocycles. The number of benzene rings is 10. The Labute approximate surface area is 342 Å². The van der Waals surface area contributed by atoms with Gasteiger partial charge in [-0.15, -0.1) is 0 Å². The molecule has 0 N–H and O–H groups in total. The highest BCUT2D eigenvalue weighted by Gasteiger charge is 2.46. The first-order valence-electron chi connectivity index (χ1n) is 20.3. The third-order valence-electron chi connectivity index (χ3n) is 12.5. The zero-order chi connectivity index (χ0) is 38.9. The fraction of sp³-hybridized carbons (Fsp3) is 0.0175. The van der Waals surface area contributed by atoms with Crippen molar-refractivity contribution in [3.63, 3.8) is 0 Å². The van der Waals surface area contributed by atoms with Crippen molar-refractivity contribution in [2.45, 2.75) is 5.41 Å². The standard InChI is InChI=1S/C57H37NO/c1-3-20-41(21-4-1)57(42-22-5-2-6-23-42)51-29-12-11-27-48(51)49-35-33-44(37-52(49)57)58(53-30-14-18-38-16-7-9-25-45(38)53)43-24-13-19-40(36-43)46-28-15-31-54-55(46)50-34-32-39-17-8-10-26-47(39)56(50)59-54/h1-37H. The molecule has 0 unspecified atom stereocenters. The lowest BCUT2D eigenvalue weighted by Gasteiger charge is -2.35. The smallest absolute Gasteiger partial charge is 0.143 e. The molecule has 0 aliphatic heterocycles. The second-order valence-corrected chi connectivity index (χ2v) is 15.6. The van der Waals surface area contributed by atoms with Crippen molar-refractivity contribution >= 4 is 60.5 Å². The minimum atomic E-state index is -0.515. The maximum absolute atomic E-state index is 6.64. The number of nitrogens with zero attached hydrogens (tertiary/aromatic N) is 1. The normalized spacial score (nSPS) is 12.9. The quantitative estimate of drug-likeness (QED) is 0.168. The molecule has 10 aromatic carbocycles. The van der Waals surface area contributed by atoms with Gasteiger partial charge >= 0.3 is 0 Å². The second-order valence-electron chi connectivity index (χ2n) is 15.6. The molecule has 0 saturated heterocycles. The third-order valence-corrected chi connectivity index (χ3v) is 12.5. The van der Waals surface area contributed by atoms with Crippen LogP contribution < -0.4 is 4.90 Å². The molecule has 12 rings (SSSR count). The Kier molecular flexibility index (Phi) is 7.48. The molecule has 1 aliphatic rings. The molecule has 59 heavy (non-hydrogen) atoms. The van der Waals surface area contributed by atoms with E-state index < -0.39 is 5.41 Å². The van der Waals surface area contributed by atoms with Crippen LogP contribution in [0.25, 0.3) is 65.7 Å². The molecule has 1 aliphatic carbocycles. The van der Waals surface area contributed by atoms with Crippen molar-refractivity contribution in [2.75, 3.05) is 4.90 Å². The van der Waals surface area contributed by atoms with Gasteiger partial charge in [0.2, 0.25) is 0 Å². The van der Waals surface area contributed by atoms with Gasteiger partial charge < -0.3 is 9.32 Å². The molecule has 0 atom stereocenters. The van der Waals surface area contributed by atoms with Gasteiger partial charge in [-0.1, -0.05) is 182 Å². The van der Waals surface area contributed by atoms with Crippen LogP contribution in [0, 0.1) is 0 Å². The summed E-state index contributed by atoms with van der Waals surface area (Å²) in [5.41, 5.74) is 14.5. The number of anilines is 3. The molecule has 0 spiro atoms. The van der Waals surface area contributed by atoms with Gasteiger partial charge in [0.15, 0.2) is 0 Å². The Balaban J connectivity index is 1.11. The summed E-state index contributed by atoms with van der Waals surface area (Å²) in [6, 6.07) is 81.9. The third kappa shape index (κ3) is 5.00. The van der Waals surface area contributed by atoms with E-state index in [9.17, 15) is 0 Å². The minimum Gasteiger partial charge on any atom is -0.455 e.